The molecule has 8 heteroatoms. The predicted molar refractivity (Wildman–Crippen MR) is 105 cm³/mol. The van der Waals surface area contributed by atoms with Crippen molar-refractivity contribution in [2.45, 2.75) is 4.90 Å². The molecule has 2 aromatic carbocycles. The van der Waals surface area contributed by atoms with Gasteiger partial charge in [0.25, 0.3) is 5.91 Å². The Hall–Kier alpha value is -1.16. The van der Waals surface area contributed by atoms with Gasteiger partial charge in [-0.25, -0.2) is 8.42 Å². The van der Waals surface area contributed by atoms with Crippen molar-refractivity contribution < 1.29 is 13.2 Å². The number of halogens is 2. The first-order chi connectivity index (χ1) is 11.9. The van der Waals surface area contributed by atoms with Crippen LogP contribution < -0.4 is 0 Å². The van der Waals surface area contributed by atoms with E-state index in [0.717, 1.165) is 3.57 Å². The number of amides is 1. The van der Waals surface area contributed by atoms with Gasteiger partial charge in [-0.3, -0.25) is 4.79 Å². The molecule has 1 saturated heterocycles. The molecule has 25 heavy (non-hydrogen) atoms. The van der Waals surface area contributed by atoms with Crippen molar-refractivity contribution in [2.24, 2.45) is 0 Å². The number of carbonyl (C=O) groups is 1. The van der Waals surface area contributed by atoms with Crippen molar-refractivity contribution in [1.29, 1.82) is 0 Å². The van der Waals surface area contributed by atoms with Gasteiger partial charge in [-0.1, -0.05) is 23.7 Å². The molecule has 0 radical (unpaired) electrons. The largest absolute Gasteiger partial charge is 0.336 e. The highest BCUT2D eigenvalue weighted by molar-refractivity contribution is 14.1. The fourth-order valence-electron chi connectivity index (χ4n) is 2.71. The Bertz CT molecular complexity index is 896. The molecule has 1 aliphatic heterocycles. The first-order valence-electron chi connectivity index (χ1n) is 7.68. The lowest BCUT2D eigenvalue weighted by molar-refractivity contribution is 0.0698. The molecule has 3 rings (SSSR count). The number of benzene rings is 2. The minimum absolute atomic E-state index is 0.0710. The van der Waals surface area contributed by atoms with Gasteiger partial charge >= 0.3 is 0 Å². The molecule has 0 aliphatic carbocycles. The maximum Gasteiger partial charge on any atom is 0.253 e. The van der Waals surface area contributed by atoms with Crippen LogP contribution in [-0.4, -0.2) is 49.7 Å². The van der Waals surface area contributed by atoms with Gasteiger partial charge in [0, 0.05) is 40.3 Å². The molecule has 132 valence electrons. The fraction of sp³-hybridized carbons (Fsp3) is 0.235. The predicted octanol–water partition coefficient (Wildman–Crippen LogP) is 3.09. The molecule has 1 heterocycles. The minimum Gasteiger partial charge on any atom is -0.336 e. The molecular formula is C17H16ClIN2O3S. The molecule has 0 aromatic heterocycles. The molecule has 1 aliphatic rings. The van der Waals surface area contributed by atoms with E-state index in [1.54, 1.807) is 23.1 Å². The summed E-state index contributed by atoms with van der Waals surface area (Å²) >= 11 is 8.06. The number of piperazine rings is 1. The second kappa shape index (κ2) is 7.61. The third-order valence-electron chi connectivity index (χ3n) is 4.03. The van der Waals surface area contributed by atoms with E-state index in [4.69, 9.17) is 11.6 Å². The van der Waals surface area contributed by atoms with E-state index in [2.05, 4.69) is 22.6 Å². The number of rotatable bonds is 3. The van der Waals surface area contributed by atoms with Crippen molar-refractivity contribution in [3.63, 3.8) is 0 Å². The molecule has 0 N–H and O–H groups in total. The second-order valence-corrected chi connectivity index (χ2v) is 9.28. The molecule has 5 nitrogen and oxygen atoms in total. The molecule has 1 fully saturated rings. The number of hydrogen-bond donors (Lipinski definition) is 0. The van der Waals surface area contributed by atoms with Gasteiger partial charge < -0.3 is 4.90 Å². The van der Waals surface area contributed by atoms with Crippen LogP contribution in [0.3, 0.4) is 0 Å². The highest BCUT2D eigenvalue weighted by Crippen LogP contribution is 2.21. The first-order valence-corrected chi connectivity index (χ1v) is 10.6. The van der Waals surface area contributed by atoms with E-state index in [-0.39, 0.29) is 23.9 Å². The molecular weight excluding hydrogens is 475 g/mol. The van der Waals surface area contributed by atoms with Gasteiger partial charge in [-0.05, 0) is 59.0 Å². The molecule has 2 aromatic rings. The van der Waals surface area contributed by atoms with Crippen molar-refractivity contribution in [2.75, 3.05) is 26.2 Å². The summed E-state index contributed by atoms with van der Waals surface area (Å²) in [4.78, 5) is 14.4. The van der Waals surface area contributed by atoms with E-state index >= 15 is 0 Å². The van der Waals surface area contributed by atoms with Gasteiger partial charge in [0.15, 0.2) is 0 Å². The zero-order valence-corrected chi connectivity index (χ0v) is 17.0. The van der Waals surface area contributed by atoms with Gasteiger partial charge in [0.05, 0.1) is 4.90 Å². The van der Waals surface area contributed by atoms with Crippen LogP contribution in [0.1, 0.15) is 10.4 Å². The van der Waals surface area contributed by atoms with E-state index in [1.807, 2.05) is 18.2 Å². The third-order valence-corrected chi connectivity index (χ3v) is 6.83. The zero-order chi connectivity index (χ0) is 18.0. The highest BCUT2D eigenvalue weighted by Gasteiger charge is 2.30. The topological polar surface area (TPSA) is 57.7 Å². The molecule has 0 atom stereocenters. The van der Waals surface area contributed by atoms with Crippen LogP contribution in [0.25, 0.3) is 0 Å². The second-order valence-electron chi connectivity index (χ2n) is 5.66. The van der Waals surface area contributed by atoms with Crippen molar-refractivity contribution in [3.8, 4) is 0 Å². The first kappa shape index (κ1) is 18.6. The van der Waals surface area contributed by atoms with Gasteiger partial charge in [0.1, 0.15) is 0 Å². The Labute approximate surface area is 165 Å². The fourth-order valence-corrected chi connectivity index (χ4v) is 4.98. The van der Waals surface area contributed by atoms with E-state index in [9.17, 15) is 13.2 Å². The van der Waals surface area contributed by atoms with Crippen molar-refractivity contribution in [1.82, 2.24) is 9.21 Å². The zero-order valence-electron chi connectivity index (χ0n) is 13.2. The van der Waals surface area contributed by atoms with Crippen LogP contribution in [-0.2, 0) is 10.0 Å². The summed E-state index contributed by atoms with van der Waals surface area (Å²) in [6.45, 7) is 1.27. The summed E-state index contributed by atoms with van der Waals surface area (Å²) in [5.74, 6) is -0.0710. The van der Waals surface area contributed by atoms with Gasteiger partial charge in [-0.15, -0.1) is 0 Å². The van der Waals surface area contributed by atoms with Crippen LogP contribution in [0.2, 0.25) is 5.02 Å². The number of sulfonamides is 1. The Morgan fingerprint density at radius 2 is 1.68 bits per heavy atom. The standard InChI is InChI=1S/C17H16ClIN2O3S/c18-14-4-2-6-16(12-14)25(23,24)21-9-7-20(8-10-21)17(22)13-3-1-5-15(19)11-13/h1-6,11-12H,7-10H2. The third kappa shape index (κ3) is 4.16. The minimum atomic E-state index is -3.60. The van der Waals surface area contributed by atoms with E-state index < -0.39 is 10.0 Å². The monoisotopic (exact) mass is 490 g/mol. The van der Waals surface area contributed by atoms with Gasteiger partial charge in [-0.2, -0.15) is 4.31 Å². The summed E-state index contributed by atoms with van der Waals surface area (Å²) in [6.07, 6.45) is 0. The van der Waals surface area contributed by atoms with Crippen molar-refractivity contribution >= 4 is 50.1 Å². The summed E-state index contributed by atoms with van der Waals surface area (Å²) in [5.41, 5.74) is 0.623. The Balaban J connectivity index is 1.70. The summed E-state index contributed by atoms with van der Waals surface area (Å²) in [6, 6.07) is 13.6. The van der Waals surface area contributed by atoms with Crippen LogP contribution in [0, 0.1) is 3.57 Å². The number of carbonyl (C=O) groups excluding carboxylic acids is 1. The maximum atomic E-state index is 12.7. The Morgan fingerprint density at radius 1 is 1.00 bits per heavy atom. The lowest BCUT2D eigenvalue weighted by atomic mass is 10.2. The van der Waals surface area contributed by atoms with Crippen LogP contribution >= 0.6 is 34.2 Å². The van der Waals surface area contributed by atoms with Crippen LogP contribution in [0.15, 0.2) is 53.4 Å². The smallest absolute Gasteiger partial charge is 0.253 e. The Kier molecular flexibility index (Phi) is 5.67. The molecule has 0 saturated carbocycles. The summed E-state index contributed by atoms with van der Waals surface area (Å²) < 4.78 is 27.8. The molecule has 0 unspecified atom stereocenters. The average molecular weight is 491 g/mol. The number of nitrogens with zero attached hydrogens (tertiary/aromatic N) is 2. The summed E-state index contributed by atoms with van der Waals surface area (Å²) in [5, 5.41) is 0.383. The lowest BCUT2D eigenvalue weighted by Crippen LogP contribution is -2.50. The van der Waals surface area contributed by atoms with E-state index in [1.165, 1.54) is 16.4 Å². The molecule has 0 spiro atoms. The molecule has 0 bridgehead atoms. The Morgan fingerprint density at radius 3 is 2.32 bits per heavy atom. The summed E-state index contributed by atoms with van der Waals surface area (Å²) in [7, 11) is -3.60. The van der Waals surface area contributed by atoms with Crippen molar-refractivity contribution in [3.05, 3.63) is 62.7 Å². The SMILES string of the molecule is O=C(c1cccc(I)c1)N1CCN(S(=O)(=O)c2cccc(Cl)c2)CC1. The quantitative estimate of drug-likeness (QED) is 0.622. The normalized spacial score (nSPS) is 16.0. The molecule has 1 amide bonds. The maximum absolute atomic E-state index is 12.7. The van der Waals surface area contributed by atoms with E-state index in [0.29, 0.717) is 23.7 Å². The average Bonchev–Trinajstić information content (AvgIpc) is 2.61. The van der Waals surface area contributed by atoms with Gasteiger partial charge in [0.2, 0.25) is 10.0 Å². The van der Waals surface area contributed by atoms with Crippen LogP contribution in [0.4, 0.5) is 0 Å². The highest BCUT2D eigenvalue weighted by atomic mass is 127. The number of hydrogen-bond acceptors (Lipinski definition) is 3. The lowest BCUT2D eigenvalue weighted by Gasteiger charge is -2.34. The van der Waals surface area contributed by atoms with Crippen LogP contribution in [0.5, 0.6) is 0 Å².